The molecule has 2 bridgehead atoms. The van der Waals surface area contributed by atoms with E-state index in [9.17, 15) is 9.90 Å². The lowest BCUT2D eigenvalue weighted by molar-refractivity contribution is -0.132. The third-order valence-electron chi connectivity index (χ3n) is 5.80. The molecule has 3 rings (SSSR count). The number of ether oxygens (including phenoxy) is 1. The fourth-order valence-electron chi connectivity index (χ4n) is 4.56. The van der Waals surface area contributed by atoms with Crippen molar-refractivity contribution in [1.82, 2.24) is 9.80 Å². The molecule has 3 fully saturated rings. The third-order valence-corrected chi connectivity index (χ3v) is 5.80. The van der Waals surface area contributed by atoms with Crippen molar-refractivity contribution in [3.63, 3.8) is 0 Å². The molecule has 4 unspecified atom stereocenters. The van der Waals surface area contributed by atoms with E-state index in [4.69, 9.17) is 4.74 Å². The lowest BCUT2D eigenvalue weighted by atomic mass is 9.86. The average molecular weight is 310 g/mol. The molecule has 1 amide bonds. The van der Waals surface area contributed by atoms with Crippen molar-refractivity contribution in [2.24, 2.45) is 17.8 Å². The Balaban J connectivity index is 1.38. The zero-order valence-corrected chi connectivity index (χ0v) is 13.7. The fraction of sp³-hybridized carbons (Fsp3) is 0.941. The SMILES string of the molecule is CN(CC(O)CN1CCOCC1)C(=O)CC1CC2CCC1C2. The smallest absolute Gasteiger partial charge is 0.222 e. The molecule has 22 heavy (non-hydrogen) atoms. The number of carbonyl (C=O) groups excluding carboxylic acids is 1. The molecular formula is C17H30N2O3. The first-order chi connectivity index (χ1) is 10.6. The number of fused-ring (bicyclic) bond motifs is 2. The van der Waals surface area contributed by atoms with Crippen molar-refractivity contribution in [3.8, 4) is 0 Å². The van der Waals surface area contributed by atoms with E-state index in [-0.39, 0.29) is 5.91 Å². The van der Waals surface area contributed by atoms with E-state index in [1.807, 2.05) is 7.05 Å². The molecular weight excluding hydrogens is 280 g/mol. The minimum Gasteiger partial charge on any atom is -0.390 e. The number of hydrogen-bond donors (Lipinski definition) is 1. The Bertz CT molecular complexity index is 384. The summed E-state index contributed by atoms with van der Waals surface area (Å²) in [5.74, 6) is 2.49. The summed E-state index contributed by atoms with van der Waals surface area (Å²) in [6.45, 7) is 4.31. The highest BCUT2D eigenvalue weighted by Crippen LogP contribution is 2.49. The maximum Gasteiger partial charge on any atom is 0.222 e. The van der Waals surface area contributed by atoms with Crippen molar-refractivity contribution in [1.29, 1.82) is 0 Å². The van der Waals surface area contributed by atoms with Gasteiger partial charge in [-0.25, -0.2) is 0 Å². The number of likely N-dealkylation sites (N-methyl/N-ethyl adjacent to an activating group) is 1. The predicted molar refractivity (Wildman–Crippen MR) is 84.5 cm³/mol. The van der Waals surface area contributed by atoms with Gasteiger partial charge < -0.3 is 14.7 Å². The van der Waals surface area contributed by atoms with Crippen LogP contribution in [0.25, 0.3) is 0 Å². The quantitative estimate of drug-likeness (QED) is 0.794. The molecule has 0 aromatic heterocycles. The van der Waals surface area contributed by atoms with E-state index >= 15 is 0 Å². The van der Waals surface area contributed by atoms with Gasteiger partial charge in [-0.05, 0) is 37.0 Å². The molecule has 1 aliphatic heterocycles. The lowest BCUT2D eigenvalue weighted by Gasteiger charge is -2.30. The molecule has 2 aliphatic carbocycles. The Hall–Kier alpha value is -0.650. The zero-order chi connectivity index (χ0) is 15.5. The summed E-state index contributed by atoms with van der Waals surface area (Å²) in [5, 5.41) is 10.2. The first kappa shape index (κ1) is 16.2. The number of amides is 1. The van der Waals surface area contributed by atoms with Gasteiger partial charge >= 0.3 is 0 Å². The lowest BCUT2D eigenvalue weighted by Crippen LogP contribution is -2.45. The highest BCUT2D eigenvalue weighted by Gasteiger charge is 2.40. The van der Waals surface area contributed by atoms with Gasteiger partial charge in [-0.2, -0.15) is 0 Å². The van der Waals surface area contributed by atoms with Crippen LogP contribution in [0.1, 0.15) is 32.1 Å². The predicted octanol–water partition coefficient (Wildman–Crippen LogP) is 0.964. The average Bonchev–Trinajstić information content (AvgIpc) is 3.10. The molecule has 2 saturated carbocycles. The molecule has 1 saturated heterocycles. The van der Waals surface area contributed by atoms with Gasteiger partial charge in [0.05, 0.1) is 19.3 Å². The molecule has 1 heterocycles. The Morgan fingerprint density at radius 1 is 1.32 bits per heavy atom. The first-order valence-corrected chi connectivity index (χ1v) is 8.84. The van der Waals surface area contributed by atoms with Gasteiger partial charge in [0.2, 0.25) is 5.91 Å². The molecule has 0 aromatic carbocycles. The maximum atomic E-state index is 12.4. The Labute approximate surface area is 133 Å². The highest BCUT2D eigenvalue weighted by molar-refractivity contribution is 5.76. The summed E-state index contributed by atoms with van der Waals surface area (Å²) in [7, 11) is 1.83. The number of carbonyl (C=O) groups is 1. The minimum atomic E-state index is -0.466. The van der Waals surface area contributed by atoms with Crippen molar-refractivity contribution < 1.29 is 14.6 Å². The van der Waals surface area contributed by atoms with Crippen LogP contribution in [0, 0.1) is 17.8 Å². The van der Waals surface area contributed by atoms with Gasteiger partial charge in [0, 0.05) is 39.6 Å². The minimum absolute atomic E-state index is 0.207. The van der Waals surface area contributed by atoms with Crippen LogP contribution in [0.3, 0.4) is 0 Å². The van der Waals surface area contributed by atoms with E-state index in [2.05, 4.69) is 4.90 Å². The number of rotatable bonds is 6. The van der Waals surface area contributed by atoms with Crippen LogP contribution >= 0.6 is 0 Å². The summed E-state index contributed by atoms with van der Waals surface area (Å²) in [6.07, 6.45) is 5.52. The standard InChI is InChI=1S/C17H30N2O3/c1-18(11-16(20)12-19-4-6-22-7-5-19)17(21)10-15-9-13-2-3-14(15)8-13/h13-16,20H,2-12H2,1H3. The molecule has 4 atom stereocenters. The molecule has 5 heteroatoms. The number of aliphatic hydroxyl groups excluding tert-OH is 1. The monoisotopic (exact) mass is 310 g/mol. The third kappa shape index (κ3) is 4.00. The van der Waals surface area contributed by atoms with Crippen molar-refractivity contribution in [3.05, 3.63) is 0 Å². The van der Waals surface area contributed by atoms with Crippen molar-refractivity contribution in [2.75, 3.05) is 46.4 Å². The first-order valence-electron chi connectivity index (χ1n) is 8.84. The number of nitrogens with zero attached hydrogens (tertiary/aromatic N) is 2. The summed E-state index contributed by atoms with van der Waals surface area (Å²) >= 11 is 0. The van der Waals surface area contributed by atoms with Crippen LogP contribution in [0.4, 0.5) is 0 Å². The van der Waals surface area contributed by atoms with E-state index < -0.39 is 6.10 Å². The van der Waals surface area contributed by atoms with Gasteiger partial charge in [0.1, 0.15) is 0 Å². The Morgan fingerprint density at radius 2 is 2.09 bits per heavy atom. The second-order valence-electron chi connectivity index (χ2n) is 7.48. The highest BCUT2D eigenvalue weighted by atomic mass is 16.5. The molecule has 5 nitrogen and oxygen atoms in total. The summed E-state index contributed by atoms with van der Waals surface area (Å²) in [6, 6.07) is 0. The number of aliphatic hydroxyl groups is 1. The Kier molecular flexibility index (Phi) is 5.37. The molecule has 3 aliphatic rings. The number of β-amino-alcohol motifs (C(OH)–C–C–N with tert-alkyl or cyclic N) is 1. The van der Waals surface area contributed by atoms with E-state index in [0.29, 0.717) is 25.4 Å². The molecule has 0 spiro atoms. The topological polar surface area (TPSA) is 53.0 Å². The Morgan fingerprint density at radius 3 is 2.73 bits per heavy atom. The fourth-order valence-corrected chi connectivity index (χ4v) is 4.56. The molecule has 0 aromatic rings. The van der Waals surface area contributed by atoms with Gasteiger partial charge in [-0.15, -0.1) is 0 Å². The van der Waals surface area contributed by atoms with Crippen LogP contribution in [-0.2, 0) is 9.53 Å². The number of hydrogen-bond acceptors (Lipinski definition) is 4. The van der Waals surface area contributed by atoms with E-state index in [1.165, 1.54) is 25.7 Å². The van der Waals surface area contributed by atoms with Crippen LogP contribution in [0.15, 0.2) is 0 Å². The maximum absolute atomic E-state index is 12.4. The number of morpholine rings is 1. The molecule has 0 radical (unpaired) electrons. The normalized spacial score (nSPS) is 33.1. The van der Waals surface area contributed by atoms with Gasteiger partial charge in [0.25, 0.3) is 0 Å². The van der Waals surface area contributed by atoms with Gasteiger partial charge in [-0.3, -0.25) is 9.69 Å². The largest absolute Gasteiger partial charge is 0.390 e. The summed E-state index contributed by atoms with van der Waals surface area (Å²) in [5.41, 5.74) is 0. The van der Waals surface area contributed by atoms with Gasteiger partial charge in [-0.1, -0.05) is 6.42 Å². The summed E-state index contributed by atoms with van der Waals surface area (Å²) < 4.78 is 5.31. The molecule has 126 valence electrons. The van der Waals surface area contributed by atoms with Gasteiger partial charge in [0.15, 0.2) is 0 Å². The van der Waals surface area contributed by atoms with Crippen LogP contribution < -0.4 is 0 Å². The van der Waals surface area contributed by atoms with Crippen LogP contribution in [0.5, 0.6) is 0 Å². The molecule has 1 N–H and O–H groups in total. The second kappa shape index (κ2) is 7.28. The summed E-state index contributed by atoms with van der Waals surface area (Å²) in [4.78, 5) is 16.3. The van der Waals surface area contributed by atoms with Crippen molar-refractivity contribution >= 4 is 5.91 Å². The van der Waals surface area contributed by atoms with E-state index in [0.717, 1.165) is 38.1 Å². The zero-order valence-electron chi connectivity index (χ0n) is 13.7. The van der Waals surface area contributed by atoms with Crippen LogP contribution in [0.2, 0.25) is 0 Å². The van der Waals surface area contributed by atoms with Crippen LogP contribution in [-0.4, -0.2) is 73.4 Å². The van der Waals surface area contributed by atoms with Crippen molar-refractivity contribution in [2.45, 2.75) is 38.2 Å². The van der Waals surface area contributed by atoms with E-state index in [1.54, 1.807) is 4.90 Å². The second-order valence-corrected chi connectivity index (χ2v) is 7.48.